The molecule has 0 amide bonds. The zero-order valence-electron chi connectivity index (χ0n) is 13.0. The minimum atomic E-state index is -0.0913. The van der Waals surface area contributed by atoms with Gasteiger partial charge in [-0.15, -0.1) is 0 Å². The Bertz CT molecular complexity index is 700. The molecular weight excluding hydrogens is 272 g/mol. The predicted octanol–water partition coefficient (Wildman–Crippen LogP) is 3.16. The van der Waals surface area contributed by atoms with Crippen LogP contribution in [0, 0.1) is 0 Å². The first kappa shape index (κ1) is 14.5. The maximum Gasteiger partial charge on any atom is 0.290 e. The molecule has 1 heterocycles. The van der Waals surface area contributed by atoms with Crippen molar-refractivity contribution < 1.29 is 9.30 Å². The van der Waals surface area contributed by atoms with Gasteiger partial charge in [-0.2, -0.15) is 0 Å². The highest BCUT2D eigenvalue weighted by Crippen LogP contribution is 2.24. The molecule has 3 nitrogen and oxygen atoms in total. The summed E-state index contributed by atoms with van der Waals surface area (Å²) in [5.74, 6) is 1.13. The van der Waals surface area contributed by atoms with Gasteiger partial charge in [0.05, 0.1) is 20.7 Å². The summed E-state index contributed by atoms with van der Waals surface area (Å²) in [7, 11) is 4.11. The molecule has 0 saturated heterocycles. The molecule has 3 heteroatoms. The van der Waals surface area contributed by atoms with E-state index in [1.54, 1.807) is 0 Å². The summed E-state index contributed by atoms with van der Waals surface area (Å²) in [4.78, 5) is 0. The topological polar surface area (TPSA) is 18.0 Å². The Kier molecular flexibility index (Phi) is 4.35. The molecule has 112 valence electrons. The molecule has 1 aromatic heterocycles. The van der Waals surface area contributed by atoms with Crippen LogP contribution in [-0.4, -0.2) is 4.57 Å². The van der Waals surface area contributed by atoms with Crippen molar-refractivity contribution in [1.29, 1.82) is 0 Å². The van der Waals surface area contributed by atoms with Crippen molar-refractivity contribution in [2.45, 2.75) is 12.7 Å². The van der Waals surface area contributed by atoms with E-state index in [4.69, 9.17) is 4.74 Å². The maximum atomic E-state index is 6.28. The highest BCUT2D eigenvalue weighted by atomic mass is 16.5. The Balaban J connectivity index is 1.90. The van der Waals surface area contributed by atoms with Crippen molar-refractivity contribution in [3.05, 3.63) is 90.0 Å². The summed E-state index contributed by atoms with van der Waals surface area (Å²) in [6.45, 7) is 0.589. The minimum absolute atomic E-state index is 0.0913. The van der Waals surface area contributed by atoms with Crippen molar-refractivity contribution in [2.24, 2.45) is 14.1 Å². The lowest BCUT2D eigenvalue weighted by molar-refractivity contribution is -0.682. The van der Waals surface area contributed by atoms with Gasteiger partial charge in [-0.25, -0.2) is 9.13 Å². The second kappa shape index (κ2) is 6.58. The third kappa shape index (κ3) is 3.10. The minimum Gasteiger partial charge on any atom is -0.356 e. The number of rotatable bonds is 5. The number of aromatic nitrogens is 2. The van der Waals surface area contributed by atoms with E-state index in [2.05, 4.69) is 72.0 Å². The third-order valence-electron chi connectivity index (χ3n) is 3.83. The molecule has 0 radical (unpaired) electrons. The molecule has 0 aliphatic rings. The van der Waals surface area contributed by atoms with Gasteiger partial charge in [0.1, 0.15) is 12.4 Å². The van der Waals surface area contributed by atoms with E-state index in [9.17, 15) is 0 Å². The number of aryl methyl sites for hydroxylation is 2. The summed E-state index contributed by atoms with van der Waals surface area (Å²) in [5, 5.41) is 0. The summed E-state index contributed by atoms with van der Waals surface area (Å²) >= 11 is 0. The molecule has 0 aliphatic heterocycles. The maximum absolute atomic E-state index is 6.28. The Morgan fingerprint density at radius 3 is 2.23 bits per heavy atom. The SMILES string of the molecule is Cn1cc[n+](C)c1C(OCc1ccccc1)c1ccccc1. The van der Waals surface area contributed by atoms with Gasteiger partial charge >= 0.3 is 0 Å². The molecule has 2 aromatic carbocycles. The fraction of sp³-hybridized carbons (Fsp3) is 0.211. The molecule has 0 bridgehead atoms. The van der Waals surface area contributed by atoms with Gasteiger partial charge in [0, 0.05) is 0 Å². The Morgan fingerprint density at radius 2 is 1.64 bits per heavy atom. The molecule has 1 atom stereocenters. The van der Waals surface area contributed by atoms with E-state index in [1.165, 1.54) is 5.56 Å². The predicted molar refractivity (Wildman–Crippen MR) is 86.1 cm³/mol. The van der Waals surface area contributed by atoms with Crippen LogP contribution in [0.15, 0.2) is 73.1 Å². The van der Waals surface area contributed by atoms with Gasteiger partial charge < -0.3 is 4.74 Å². The van der Waals surface area contributed by atoms with Crippen LogP contribution in [0.4, 0.5) is 0 Å². The first-order chi connectivity index (χ1) is 10.8. The number of ether oxygens (including phenoxy) is 1. The Labute approximate surface area is 131 Å². The van der Waals surface area contributed by atoms with Crippen LogP contribution in [0.3, 0.4) is 0 Å². The number of hydrogen-bond donors (Lipinski definition) is 0. The molecule has 3 aromatic rings. The van der Waals surface area contributed by atoms with Gasteiger partial charge in [-0.1, -0.05) is 60.7 Å². The zero-order valence-corrected chi connectivity index (χ0v) is 13.0. The molecule has 3 rings (SSSR count). The molecule has 0 spiro atoms. The lowest BCUT2D eigenvalue weighted by atomic mass is 10.1. The normalized spacial score (nSPS) is 12.3. The standard InChI is InChI=1S/C19H21N2O/c1-20-13-14-21(2)19(20)18(17-11-7-4-8-12-17)22-15-16-9-5-3-6-10-16/h3-14,18H,15H2,1-2H3/q+1. The summed E-state index contributed by atoms with van der Waals surface area (Å²) < 4.78 is 10.5. The summed E-state index contributed by atoms with van der Waals surface area (Å²) in [6, 6.07) is 20.6. The van der Waals surface area contributed by atoms with Gasteiger partial charge in [0.2, 0.25) is 0 Å². The fourth-order valence-electron chi connectivity index (χ4n) is 2.67. The average Bonchev–Trinajstić information content (AvgIpc) is 2.89. The zero-order chi connectivity index (χ0) is 15.4. The monoisotopic (exact) mass is 293 g/mol. The smallest absolute Gasteiger partial charge is 0.290 e. The molecule has 22 heavy (non-hydrogen) atoms. The van der Waals surface area contributed by atoms with Crippen LogP contribution in [0.2, 0.25) is 0 Å². The van der Waals surface area contributed by atoms with Crippen LogP contribution in [0.25, 0.3) is 0 Å². The molecular formula is C19H21N2O+. The third-order valence-corrected chi connectivity index (χ3v) is 3.83. The van der Waals surface area contributed by atoms with Crippen molar-refractivity contribution in [2.75, 3.05) is 0 Å². The number of imidazole rings is 1. The molecule has 0 fully saturated rings. The van der Waals surface area contributed by atoms with Crippen LogP contribution in [0.1, 0.15) is 23.1 Å². The molecule has 0 aliphatic carbocycles. The average molecular weight is 293 g/mol. The van der Waals surface area contributed by atoms with Gasteiger partial charge in [-0.3, -0.25) is 0 Å². The lowest BCUT2D eigenvalue weighted by Gasteiger charge is -2.16. The van der Waals surface area contributed by atoms with E-state index < -0.39 is 0 Å². The quantitative estimate of drug-likeness (QED) is 0.661. The van der Waals surface area contributed by atoms with E-state index in [1.807, 2.05) is 24.3 Å². The van der Waals surface area contributed by atoms with Crippen LogP contribution in [-0.2, 0) is 25.4 Å². The molecule has 0 saturated carbocycles. The van der Waals surface area contributed by atoms with Gasteiger partial charge in [0.15, 0.2) is 6.10 Å². The van der Waals surface area contributed by atoms with Crippen molar-refractivity contribution >= 4 is 0 Å². The van der Waals surface area contributed by atoms with E-state index in [0.717, 1.165) is 11.4 Å². The molecule has 0 N–H and O–H groups in total. The Hall–Kier alpha value is -2.39. The summed E-state index contributed by atoms with van der Waals surface area (Å²) in [5.41, 5.74) is 2.34. The van der Waals surface area contributed by atoms with E-state index >= 15 is 0 Å². The summed E-state index contributed by atoms with van der Waals surface area (Å²) in [6.07, 6.45) is 4.01. The van der Waals surface area contributed by atoms with Crippen LogP contribution >= 0.6 is 0 Å². The number of hydrogen-bond acceptors (Lipinski definition) is 1. The number of nitrogens with zero attached hydrogens (tertiary/aromatic N) is 2. The largest absolute Gasteiger partial charge is 0.356 e. The fourth-order valence-corrected chi connectivity index (χ4v) is 2.67. The lowest BCUT2D eigenvalue weighted by Crippen LogP contribution is -2.35. The van der Waals surface area contributed by atoms with E-state index in [0.29, 0.717) is 6.61 Å². The highest BCUT2D eigenvalue weighted by molar-refractivity contribution is 5.22. The van der Waals surface area contributed by atoms with Crippen LogP contribution < -0.4 is 4.57 Å². The first-order valence-electron chi connectivity index (χ1n) is 7.47. The second-order valence-electron chi connectivity index (χ2n) is 5.47. The van der Waals surface area contributed by atoms with E-state index in [-0.39, 0.29) is 6.10 Å². The first-order valence-corrected chi connectivity index (χ1v) is 7.47. The second-order valence-corrected chi connectivity index (χ2v) is 5.47. The van der Waals surface area contributed by atoms with Crippen molar-refractivity contribution in [1.82, 2.24) is 4.57 Å². The van der Waals surface area contributed by atoms with Crippen molar-refractivity contribution in [3.8, 4) is 0 Å². The van der Waals surface area contributed by atoms with Gasteiger partial charge in [-0.05, 0) is 11.1 Å². The molecule has 1 unspecified atom stereocenters. The van der Waals surface area contributed by atoms with Gasteiger partial charge in [0.25, 0.3) is 5.82 Å². The highest BCUT2D eigenvalue weighted by Gasteiger charge is 2.26. The van der Waals surface area contributed by atoms with Crippen LogP contribution in [0.5, 0.6) is 0 Å². The number of benzene rings is 2. The Morgan fingerprint density at radius 1 is 1.00 bits per heavy atom. The van der Waals surface area contributed by atoms with Crippen molar-refractivity contribution in [3.63, 3.8) is 0 Å².